The average Bonchev–Trinajstić information content (AvgIpc) is 2.29. The van der Waals surface area contributed by atoms with Crippen LogP contribution in [0.5, 0.6) is 0 Å². The SMILES string of the molecule is Cn1nc([N+](=O)[O-])cc1NC(C)(C)C. The van der Waals surface area contributed by atoms with Crippen molar-refractivity contribution in [2.24, 2.45) is 7.05 Å². The van der Waals surface area contributed by atoms with Gasteiger partial charge in [-0.05, 0) is 25.7 Å². The standard InChI is InChI=1S/C8H14N4O2/c1-8(2,3)9-6-5-7(12(13)14)10-11(6)4/h5,9H,1-4H3. The highest BCUT2D eigenvalue weighted by Gasteiger charge is 2.19. The molecule has 1 heterocycles. The second kappa shape index (κ2) is 3.28. The number of nitrogens with zero attached hydrogens (tertiary/aromatic N) is 3. The predicted octanol–water partition coefficient (Wildman–Crippen LogP) is 1.54. The van der Waals surface area contributed by atoms with Crippen LogP contribution in [0.2, 0.25) is 0 Å². The molecule has 0 saturated carbocycles. The first-order valence-electron chi connectivity index (χ1n) is 4.26. The fourth-order valence-corrected chi connectivity index (χ4v) is 1.04. The maximum atomic E-state index is 10.4. The first kappa shape index (κ1) is 10.5. The molecule has 0 fully saturated rings. The predicted molar refractivity (Wildman–Crippen MR) is 53.2 cm³/mol. The van der Waals surface area contributed by atoms with Crippen LogP contribution in [0.4, 0.5) is 11.6 Å². The number of aryl methyl sites for hydroxylation is 1. The van der Waals surface area contributed by atoms with Gasteiger partial charge in [-0.3, -0.25) is 0 Å². The normalized spacial score (nSPS) is 11.4. The first-order chi connectivity index (χ1) is 6.29. The summed E-state index contributed by atoms with van der Waals surface area (Å²) in [5.74, 6) is 0.503. The van der Waals surface area contributed by atoms with Crippen LogP contribution in [0.25, 0.3) is 0 Å². The summed E-state index contributed by atoms with van der Waals surface area (Å²) < 4.78 is 1.46. The third kappa shape index (κ3) is 2.45. The molecule has 0 bridgehead atoms. The third-order valence-corrected chi connectivity index (χ3v) is 1.56. The van der Waals surface area contributed by atoms with Gasteiger partial charge in [-0.25, -0.2) is 0 Å². The number of nitrogens with one attached hydrogen (secondary N) is 1. The van der Waals surface area contributed by atoms with Gasteiger partial charge in [0.1, 0.15) is 0 Å². The van der Waals surface area contributed by atoms with E-state index in [2.05, 4.69) is 10.4 Å². The molecule has 0 aliphatic rings. The molecule has 1 N–H and O–H groups in total. The van der Waals surface area contributed by atoms with Crippen molar-refractivity contribution in [2.45, 2.75) is 26.3 Å². The first-order valence-corrected chi connectivity index (χ1v) is 4.26. The summed E-state index contributed by atoms with van der Waals surface area (Å²) in [7, 11) is 1.67. The maximum Gasteiger partial charge on any atom is 0.392 e. The minimum Gasteiger partial charge on any atom is -0.364 e. The Labute approximate surface area is 82.1 Å². The summed E-state index contributed by atoms with van der Waals surface area (Å²) in [6, 6.07) is 1.42. The molecular formula is C8H14N4O2. The van der Waals surface area contributed by atoms with E-state index in [-0.39, 0.29) is 11.4 Å². The van der Waals surface area contributed by atoms with Crippen molar-refractivity contribution in [1.29, 1.82) is 0 Å². The van der Waals surface area contributed by atoms with Crippen LogP contribution in [-0.4, -0.2) is 20.2 Å². The van der Waals surface area contributed by atoms with Crippen molar-refractivity contribution >= 4 is 11.6 Å². The van der Waals surface area contributed by atoms with Crippen LogP contribution in [0, 0.1) is 10.1 Å². The van der Waals surface area contributed by atoms with Crippen molar-refractivity contribution in [3.63, 3.8) is 0 Å². The smallest absolute Gasteiger partial charge is 0.364 e. The Kier molecular flexibility index (Phi) is 2.46. The van der Waals surface area contributed by atoms with Gasteiger partial charge in [-0.1, -0.05) is 0 Å². The molecule has 1 aromatic rings. The highest BCUT2D eigenvalue weighted by atomic mass is 16.6. The van der Waals surface area contributed by atoms with E-state index in [1.54, 1.807) is 7.05 Å². The third-order valence-electron chi connectivity index (χ3n) is 1.56. The van der Waals surface area contributed by atoms with Gasteiger partial charge in [0.25, 0.3) is 0 Å². The van der Waals surface area contributed by atoms with E-state index in [1.807, 2.05) is 20.8 Å². The summed E-state index contributed by atoms with van der Waals surface area (Å²) in [4.78, 5) is 9.93. The number of rotatable bonds is 2. The van der Waals surface area contributed by atoms with Crippen LogP contribution in [0.15, 0.2) is 6.07 Å². The fraction of sp³-hybridized carbons (Fsp3) is 0.625. The number of nitro groups is 1. The molecule has 78 valence electrons. The Balaban J connectivity index is 2.94. The number of hydrogen-bond acceptors (Lipinski definition) is 4. The molecule has 6 nitrogen and oxygen atoms in total. The molecule has 0 aliphatic carbocycles. The Morgan fingerprint density at radius 3 is 2.50 bits per heavy atom. The van der Waals surface area contributed by atoms with Gasteiger partial charge in [0.15, 0.2) is 5.82 Å². The minimum absolute atomic E-state index is 0.137. The second-order valence-corrected chi connectivity index (χ2v) is 4.14. The Bertz CT molecular complexity index is 351. The van der Waals surface area contributed by atoms with Gasteiger partial charge in [0.2, 0.25) is 0 Å². The van der Waals surface area contributed by atoms with E-state index in [1.165, 1.54) is 10.7 Å². The zero-order valence-electron chi connectivity index (χ0n) is 8.74. The molecule has 0 aromatic carbocycles. The van der Waals surface area contributed by atoms with Gasteiger partial charge < -0.3 is 15.4 Å². The quantitative estimate of drug-likeness (QED) is 0.577. The lowest BCUT2D eigenvalue weighted by molar-refractivity contribution is -0.389. The summed E-state index contributed by atoms with van der Waals surface area (Å²) in [5, 5.41) is 17.3. The van der Waals surface area contributed by atoms with Crippen molar-refractivity contribution in [2.75, 3.05) is 5.32 Å². The number of aromatic nitrogens is 2. The van der Waals surface area contributed by atoms with Crippen molar-refractivity contribution in [3.05, 3.63) is 16.2 Å². The van der Waals surface area contributed by atoms with Gasteiger partial charge >= 0.3 is 5.82 Å². The van der Waals surface area contributed by atoms with Crippen LogP contribution < -0.4 is 5.32 Å². The van der Waals surface area contributed by atoms with E-state index in [0.717, 1.165) is 0 Å². The van der Waals surface area contributed by atoms with Crippen LogP contribution in [-0.2, 0) is 7.05 Å². The molecular weight excluding hydrogens is 184 g/mol. The Hall–Kier alpha value is -1.59. The fourth-order valence-electron chi connectivity index (χ4n) is 1.04. The van der Waals surface area contributed by atoms with Crippen LogP contribution in [0.1, 0.15) is 20.8 Å². The van der Waals surface area contributed by atoms with E-state index in [4.69, 9.17) is 0 Å². The molecule has 6 heteroatoms. The molecule has 1 rings (SSSR count). The van der Waals surface area contributed by atoms with Crippen LogP contribution >= 0.6 is 0 Å². The summed E-state index contributed by atoms with van der Waals surface area (Å²) in [6.45, 7) is 5.93. The van der Waals surface area contributed by atoms with E-state index < -0.39 is 4.92 Å². The number of anilines is 1. The average molecular weight is 198 g/mol. The lowest BCUT2D eigenvalue weighted by Crippen LogP contribution is -2.27. The maximum absolute atomic E-state index is 10.4. The van der Waals surface area contributed by atoms with E-state index in [9.17, 15) is 10.1 Å². The zero-order valence-corrected chi connectivity index (χ0v) is 8.74. The lowest BCUT2D eigenvalue weighted by Gasteiger charge is -2.20. The Morgan fingerprint density at radius 1 is 1.57 bits per heavy atom. The van der Waals surface area contributed by atoms with Crippen molar-refractivity contribution < 1.29 is 4.92 Å². The summed E-state index contributed by atoms with van der Waals surface area (Å²) in [5.41, 5.74) is -0.137. The molecule has 1 aromatic heterocycles. The largest absolute Gasteiger partial charge is 0.392 e. The molecule has 0 aliphatic heterocycles. The molecule has 0 amide bonds. The minimum atomic E-state index is -0.506. The van der Waals surface area contributed by atoms with Gasteiger partial charge in [0.05, 0.1) is 18.2 Å². The number of hydrogen-bond donors (Lipinski definition) is 1. The molecule has 14 heavy (non-hydrogen) atoms. The van der Waals surface area contributed by atoms with Crippen molar-refractivity contribution in [3.8, 4) is 0 Å². The second-order valence-electron chi connectivity index (χ2n) is 4.14. The topological polar surface area (TPSA) is 73.0 Å². The molecule has 0 spiro atoms. The van der Waals surface area contributed by atoms with Crippen molar-refractivity contribution in [1.82, 2.24) is 9.78 Å². The molecule has 0 radical (unpaired) electrons. The van der Waals surface area contributed by atoms with E-state index >= 15 is 0 Å². The summed E-state index contributed by atoms with van der Waals surface area (Å²) in [6.07, 6.45) is 0. The lowest BCUT2D eigenvalue weighted by atomic mass is 10.1. The highest BCUT2D eigenvalue weighted by molar-refractivity contribution is 5.43. The van der Waals surface area contributed by atoms with E-state index in [0.29, 0.717) is 5.82 Å². The van der Waals surface area contributed by atoms with Gasteiger partial charge in [-0.2, -0.15) is 4.68 Å². The van der Waals surface area contributed by atoms with Gasteiger partial charge in [0, 0.05) is 5.54 Å². The van der Waals surface area contributed by atoms with Crippen LogP contribution in [0.3, 0.4) is 0 Å². The monoisotopic (exact) mass is 198 g/mol. The molecule has 0 unspecified atom stereocenters. The van der Waals surface area contributed by atoms with Gasteiger partial charge in [-0.15, -0.1) is 0 Å². The summed E-state index contributed by atoms with van der Waals surface area (Å²) >= 11 is 0. The molecule has 0 saturated heterocycles. The Morgan fingerprint density at radius 2 is 2.14 bits per heavy atom. The highest BCUT2D eigenvalue weighted by Crippen LogP contribution is 2.18. The zero-order chi connectivity index (χ0) is 10.9. The molecule has 0 atom stereocenters.